The first kappa shape index (κ1) is 14.4. The normalized spacial score (nSPS) is 18.5. The predicted molar refractivity (Wildman–Crippen MR) is 63.4 cm³/mol. The second-order valence-corrected chi connectivity index (χ2v) is 6.14. The summed E-state index contributed by atoms with van der Waals surface area (Å²) >= 11 is 0. The molecule has 1 rings (SSSR count). The maximum absolute atomic E-state index is 11.5. The Balaban J connectivity index is 2.37. The van der Waals surface area contributed by atoms with Crippen LogP contribution in [0.4, 0.5) is 0 Å². The molecule has 1 aliphatic rings. The number of piperazine rings is 1. The smallest absolute Gasteiger partial charge is 0.320 e. The summed E-state index contributed by atoms with van der Waals surface area (Å²) in [6.07, 6.45) is 0. The SMILES string of the molecule is CN(CCN1CCNCC1)S(=O)(=O)CC(=O)O. The van der Waals surface area contributed by atoms with E-state index in [1.165, 1.54) is 7.05 Å². The van der Waals surface area contributed by atoms with Crippen molar-refractivity contribution < 1.29 is 18.3 Å². The summed E-state index contributed by atoms with van der Waals surface area (Å²) in [7, 11) is -2.25. The van der Waals surface area contributed by atoms with Crippen molar-refractivity contribution in [2.75, 3.05) is 52.1 Å². The van der Waals surface area contributed by atoms with E-state index in [0.717, 1.165) is 30.5 Å². The first-order chi connectivity index (χ1) is 7.92. The minimum Gasteiger partial charge on any atom is -0.480 e. The van der Waals surface area contributed by atoms with Crippen LogP contribution in [-0.4, -0.2) is 80.8 Å². The molecule has 0 radical (unpaired) electrons. The van der Waals surface area contributed by atoms with Crippen molar-refractivity contribution in [2.24, 2.45) is 0 Å². The number of nitrogens with zero attached hydrogens (tertiary/aromatic N) is 2. The molecule has 0 bridgehead atoms. The molecule has 1 fully saturated rings. The largest absolute Gasteiger partial charge is 0.480 e. The highest BCUT2D eigenvalue weighted by Gasteiger charge is 2.22. The fraction of sp³-hybridized carbons (Fsp3) is 0.889. The van der Waals surface area contributed by atoms with Gasteiger partial charge in [0, 0.05) is 46.3 Å². The highest BCUT2D eigenvalue weighted by Crippen LogP contribution is 2.00. The van der Waals surface area contributed by atoms with Gasteiger partial charge in [-0.05, 0) is 0 Å². The van der Waals surface area contributed by atoms with Crippen LogP contribution in [0.3, 0.4) is 0 Å². The number of likely N-dealkylation sites (N-methyl/N-ethyl adjacent to an activating group) is 1. The van der Waals surface area contributed by atoms with E-state index in [-0.39, 0.29) is 0 Å². The Morgan fingerprint density at radius 2 is 2.00 bits per heavy atom. The van der Waals surface area contributed by atoms with E-state index in [2.05, 4.69) is 10.2 Å². The molecule has 0 aliphatic carbocycles. The summed E-state index contributed by atoms with van der Waals surface area (Å²) in [5.74, 6) is -2.16. The van der Waals surface area contributed by atoms with Gasteiger partial charge in [0.25, 0.3) is 0 Å². The van der Waals surface area contributed by atoms with Gasteiger partial charge in [0.1, 0.15) is 0 Å². The van der Waals surface area contributed by atoms with E-state index >= 15 is 0 Å². The van der Waals surface area contributed by atoms with Gasteiger partial charge in [-0.2, -0.15) is 0 Å². The average Bonchev–Trinajstić information content (AvgIpc) is 2.25. The molecule has 0 aromatic heterocycles. The van der Waals surface area contributed by atoms with Gasteiger partial charge >= 0.3 is 5.97 Å². The Morgan fingerprint density at radius 3 is 2.53 bits per heavy atom. The lowest BCUT2D eigenvalue weighted by Gasteiger charge is -2.28. The van der Waals surface area contributed by atoms with Crippen LogP contribution in [0.2, 0.25) is 0 Å². The molecule has 0 atom stereocenters. The Morgan fingerprint density at radius 1 is 1.41 bits per heavy atom. The standard InChI is InChI=1S/C9H19N3O4S/c1-11(17(15,16)8-9(13)14)6-7-12-4-2-10-3-5-12/h10H,2-8H2,1H3,(H,13,14). The van der Waals surface area contributed by atoms with Gasteiger partial charge in [-0.15, -0.1) is 0 Å². The van der Waals surface area contributed by atoms with Crippen LogP contribution >= 0.6 is 0 Å². The number of rotatable bonds is 6. The summed E-state index contributed by atoms with van der Waals surface area (Å²) in [6, 6.07) is 0. The van der Waals surface area contributed by atoms with Crippen LogP contribution in [0, 0.1) is 0 Å². The van der Waals surface area contributed by atoms with Crippen LogP contribution in [0.15, 0.2) is 0 Å². The van der Waals surface area contributed by atoms with E-state index in [4.69, 9.17) is 5.11 Å². The van der Waals surface area contributed by atoms with E-state index in [0.29, 0.717) is 13.1 Å². The molecule has 0 saturated carbocycles. The van der Waals surface area contributed by atoms with Gasteiger partial charge in [-0.3, -0.25) is 9.69 Å². The van der Waals surface area contributed by atoms with Gasteiger partial charge in [0.2, 0.25) is 10.0 Å². The Bertz CT molecular complexity index is 351. The summed E-state index contributed by atoms with van der Waals surface area (Å²) in [6.45, 7) is 4.57. The van der Waals surface area contributed by atoms with Crippen LogP contribution in [0.1, 0.15) is 0 Å². The van der Waals surface area contributed by atoms with E-state index < -0.39 is 21.7 Å². The van der Waals surface area contributed by atoms with Gasteiger partial charge in [-0.25, -0.2) is 12.7 Å². The molecular formula is C9H19N3O4S. The minimum atomic E-state index is -3.67. The van der Waals surface area contributed by atoms with Crippen molar-refractivity contribution in [3.63, 3.8) is 0 Å². The van der Waals surface area contributed by atoms with Crippen molar-refractivity contribution in [3.8, 4) is 0 Å². The number of aliphatic carboxylic acids is 1. The third-order valence-electron chi connectivity index (χ3n) is 2.72. The molecule has 1 saturated heterocycles. The molecule has 0 unspecified atom stereocenters. The molecular weight excluding hydrogens is 246 g/mol. The Kier molecular flexibility index (Phi) is 5.31. The molecule has 0 spiro atoms. The number of carbonyl (C=O) groups is 1. The molecule has 2 N–H and O–H groups in total. The zero-order valence-electron chi connectivity index (χ0n) is 9.92. The Hall–Kier alpha value is -0.700. The molecule has 100 valence electrons. The highest BCUT2D eigenvalue weighted by atomic mass is 32.2. The molecule has 0 amide bonds. The van der Waals surface area contributed by atoms with E-state index in [1.54, 1.807) is 0 Å². The van der Waals surface area contributed by atoms with Crippen molar-refractivity contribution in [1.82, 2.24) is 14.5 Å². The first-order valence-electron chi connectivity index (χ1n) is 5.51. The van der Waals surface area contributed by atoms with Crippen LogP contribution in [0.5, 0.6) is 0 Å². The number of carboxylic acids is 1. The van der Waals surface area contributed by atoms with Crippen LogP contribution < -0.4 is 5.32 Å². The van der Waals surface area contributed by atoms with Crippen LogP contribution in [0.25, 0.3) is 0 Å². The van der Waals surface area contributed by atoms with E-state index in [9.17, 15) is 13.2 Å². The second kappa shape index (κ2) is 6.29. The van der Waals surface area contributed by atoms with Crippen molar-refractivity contribution in [2.45, 2.75) is 0 Å². The van der Waals surface area contributed by atoms with Gasteiger partial charge < -0.3 is 10.4 Å². The number of carboxylic acid groups (broad SMARTS) is 1. The second-order valence-electron chi connectivity index (χ2n) is 4.06. The van der Waals surface area contributed by atoms with Crippen molar-refractivity contribution >= 4 is 16.0 Å². The third kappa shape index (κ3) is 4.99. The van der Waals surface area contributed by atoms with Crippen molar-refractivity contribution in [1.29, 1.82) is 0 Å². The lowest BCUT2D eigenvalue weighted by Crippen LogP contribution is -2.46. The zero-order chi connectivity index (χ0) is 12.9. The molecule has 0 aromatic carbocycles. The minimum absolute atomic E-state index is 0.329. The topological polar surface area (TPSA) is 90.0 Å². The Labute approximate surface area is 101 Å². The monoisotopic (exact) mass is 265 g/mol. The van der Waals surface area contributed by atoms with Gasteiger partial charge in [0.15, 0.2) is 5.75 Å². The molecule has 1 aliphatic heterocycles. The summed E-state index contributed by atoms with van der Waals surface area (Å²) < 4.78 is 24.2. The van der Waals surface area contributed by atoms with Crippen molar-refractivity contribution in [3.05, 3.63) is 0 Å². The van der Waals surface area contributed by atoms with E-state index in [1.807, 2.05) is 0 Å². The fourth-order valence-electron chi connectivity index (χ4n) is 1.62. The molecule has 1 heterocycles. The molecule has 8 heteroatoms. The number of nitrogens with one attached hydrogen (secondary N) is 1. The van der Waals surface area contributed by atoms with Crippen LogP contribution in [-0.2, 0) is 14.8 Å². The molecule has 17 heavy (non-hydrogen) atoms. The number of hydrogen-bond donors (Lipinski definition) is 2. The summed E-state index contributed by atoms with van der Waals surface area (Å²) in [5, 5.41) is 11.7. The quantitative estimate of drug-likeness (QED) is 0.591. The summed E-state index contributed by atoms with van der Waals surface area (Å²) in [4.78, 5) is 12.6. The fourth-order valence-corrected chi connectivity index (χ4v) is 2.51. The first-order valence-corrected chi connectivity index (χ1v) is 7.11. The lowest BCUT2D eigenvalue weighted by molar-refractivity contribution is -0.134. The van der Waals surface area contributed by atoms with Gasteiger partial charge in [0.05, 0.1) is 0 Å². The predicted octanol–water partition coefficient (Wildman–Crippen LogP) is -1.76. The third-order valence-corrected chi connectivity index (χ3v) is 4.47. The molecule has 7 nitrogen and oxygen atoms in total. The maximum atomic E-state index is 11.5. The molecule has 0 aromatic rings. The van der Waals surface area contributed by atoms with Gasteiger partial charge in [-0.1, -0.05) is 0 Å². The summed E-state index contributed by atoms with van der Waals surface area (Å²) in [5.41, 5.74) is 0. The number of hydrogen-bond acceptors (Lipinski definition) is 5. The number of sulfonamides is 1. The maximum Gasteiger partial charge on any atom is 0.320 e. The zero-order valence-corrected chi connectivity index (χ0v) is 10.7. The average molecular weight is 265 g/mol. The lowest BCUT2D eigenvalue weighted by atomic mass is 10.3. The highest BCUT2D eigenvalue weighted by molar-refractivity contribution is 7.89.